The smallest absolute Gasteiger partial charge is 0.261 e. The Balaban J connectivity index is 1.72. The van der Waals surface area contributed by atoms with Gasteiger partial charge < -0.3 is 15.6 Å². The molecule has 0 atom stereocenters. The van der Waals surface area contributed by atoms with Gasteiger partial charge in [0.15, 0.2) is 0 Å². The molecule has 1 aromatic heterocycles. The predicted molar refractivity (Wildman–Crippen MR) is 124 cm³/mol. The van der Waals surface area contributed by atoms with Crippen LogP contribution in [0.1, 0.15) is 15.9 Å². The van der Waals surface area contributed by atoms with Crippen LogP contribution in [-0.4, -0.2) is 25.3 Å². The number of aromatic nitrogens is 1. The first kappa shape index (κ1) is 21.9. The number of nitrogens with two attached hydrogens (primary N) is 2. The van der Waals surface area contributed by atoms with Gasteiger partial charge in [0.05, 0.1) is 4.90 Å². The van der Waals surface area contributed by atoms with E-state index in [0.717, 1.165) is 0 Å². The van der Waals surface area contributed by atoms with E-state index in [1.165, 1.54) is 12.3 Å². The summed E-state index contributed by atoms with van der Waals surface area (Å²) in [6.07, 6.45) is 1.21. The van der Waals surface area contributed by atoms with Crippen LogP contribution in [0.2, 0.25) is 0 Å². The lowest BCUT2D eigenvalue weighted by atomic mass is 10.0. The molecule has 1 amide bonds. The number of rotatable bonds is 6. The molecule has 0 radical (unpaired) electrons. The monoisotopic (exact) mass is 461 g/mol. The summed E-state index contributed by atoms with van der Waals surface area (Å²) in [6.45, 7) is 0. The molecule has 4 aromatic rings. The third kappa shape index (κ3) is 4.52. The molecule has 0 aliphatic rings. The SMILES string of the molecule is N=C(N)c1cccc(-c2nocc2C(=O)Nc2ccccc2-c2ccccc2S(N)(=O)=O)c1. The van der Waals surface area contributed by atoms with Crippen LogP contribution in [-0.2, 0) is 10.0 Å². The largest absolute Gasteiger partial charge is 0.384 e. The fourth-order valence-corrected chi connectivity index (χ4v) is 4.15. The molecule has 9 nitrogen and oxygen atoms in total. The van der Waals surface area contributed by atoms with Crippen LogP contribution < -0.4 is 16.2 Å². The van der Waals surface area contributed by atoms with E-state index in [4.69, 9.17) is 20.8 Å². The maximum atomic E-state index is 13.1. The number of carbonyl (C=O) groups is 1. The van der Waals surface area contributed by atoms with E-state index in [-0.39, 0.29) is 22.0 Å². The van der Waals surface area contributed by atoms with Crippen molar-refractivity contribution in [3.8, 4) is 22.4 Å². The molecular weight excluding hydrogens is 442 g/mol. The average Bonchev–Trinajstić information content (AvgIpc) is 3.29. The van der Waals surface area contributed by atoms with Crippen molar-refractivity contribution >= 4 is 27.5 Å². The number of sulfonamides is 1. The first-order valence-corrected chi connectivity index (χ1v) is 11.2. The normalized spacial score (nSPS) is 11.2. The second kappa shape index (κ2) is 8.69. The number of amides is 1. The van der Waals surface area contributed by atoms with Crippen molar-refractivity contribution in [3.63, 3.8) is 0 Å². The zero-order valence-electron chi connectivity index (χ0n) is 17.1. The fourth-order valence-electron chi connectivity index (χ4n) is 3.39. The number of primary sulfonamides is 1. The quantitative estimate of drug-likeness (QED) is 0.254. The molecular formula is C23H19N5O4S. The highest BCUT2D eigenvalue weighted by Gasteiger charge is 2.21. The molecule has 166 valence electrons. The van der Waals surface area contributed by atoms with Gasteiger partial charge in [0.1, 0.15) is 23.4 Å². The number of nitrogens with one attached hydrogen (secondary N) is 2. The van der Waals surface area contributed by atoms with Crippen molar-refractivity contribution in [1.82, 2.24) is 5.16 Å². The molecule has 0 saturated carbocycles. The van der Waals surface area contributed by atoms with Gasteiger partial charge in [-0.3, -0.25) is 10.2 Å². The van der Waals surface area contributed by atoms with Crippen molar-refractivity contribution in [3.05, 3.63) is 90.2 Å². The standard InChI is InChI=1S/C23H19N5O4S/c24-22(25)15-7-5-6-14(12-15)21-18(13-32-28-21)23(29)27-19-10-3-1-8-16(19)17-9-2-4-11-20(17)33(26,30)31/h1-13H,(H3,24,25)(H,27,29)(H2,26,30,31). The molecule has 0 aliphatic heterocycles. The van der Waals surface area contributed by atoms with Crippen molar-refractivity contribution in [2.24, 2.45) is 10.9 Å². The first-order chi connectivity index (χ1) is 15.8. The molecule has 0 aliphatic carbocycles. The van der Waals surface area contributed by atoms with Crippen molar-refractivity contribution < 1.29 is 17.7 Å². The van der Waals surface area contributed by atoms with Gasteiger partial charge in [-0.05, 0) is 18.2 Å². The number of hydrogen-bond donors (Lipinski definition) is 4. The minimum absolute atomic E-state index is 0.0570. The van der Waals surface area contributed by atoms with E-state index in [0.29, 0.717) is 27.9 Å². The number of hydrogen-bond acceptors (Lipinski definition) is 6. The number of amidine groups is 1. The lowest BCUT2D eigenvalue weighted by Crippen LogP contribution is -2.15. The van der Waals surface area contributed by atoms with Crippen molar-refractivity contribution in [2.75, 3.05) is 5.32 Å². The summed E-state index contributed by atoms with van der Waals surface area (Å²) in [5, 5.41) is 19.7. The molecule has 1 heterocycles. The Kier molecular flexibility index (Phi) is 5.78. The van der Waals surface area contributed by atoms with Crippen LogP contribution in [0.25, 0.3) is 22.4 Å². The Hall–Kier alpha value is -4.28. The Morgan fingerprint density at radius 2 is 1.67 bits per heavy atom. The van der Waals surface area contributed by atoms with E-state index in [2.05, 4.69) is 10.5 Å². The third-order valence-corrected chi connectivity index (χ3v) is 5.89. The molecule has 3 aromatic carbocycles. The molecule has 6 N–H and O–H groups in total. The number of nitrogens with zero attached hydrogens (tertiary/aromatic N) is 1. The van der Waals surface area contributed by atoms with Crippen LogP contribution in [0, 0.1) is 5.41 Å². The number of nitrogen functional groups attached to an aromatic ring is 1. The highest BCUT2D eigenvalue weighted by molar-refractivity contribution is 7.89. The van der Waals surface area contributed by atoms with Crippen LogP contribution in [0.4, 0.5) is 5.69 Å². The minimum Gasteiger partial charge on any atom is -0.384 e. The summed E-state index contributed by atoms with van der Waals surface area (Å²) in [4.78, 5) is 13.1. The van der Waals surface area contributed by atoms with Gasteiger partial charge in [0, 0.05) is 27.9 Å². The first-order valence-electron chi connectivity index (χ1n) is 9.67. The summed E-state index contributed by atoms with van der Waals surface area (Å²) in [5.74, 6) is -0.631. The van der Waals surface area contributed by atoms with E-state index in [1.54, 1.807) is 66.7 Å². The summed E-state index contributed by atoms with van der Waals surface area (Å²) < 4.78 is 29.2. The van der Waals surface area contributed by atoms with Crippen LogP contribution >= 0.6 is 0 Å². The number of carbonyl (C=O) groups excluding carboxylic acids is 1. The summed E-state index contributed by atoms with van der Waals surface area (Å²) >= 11 is 0. The second-order valence-corrected chi connectivity index (χ2v) is 8.64. The van der Waals surface area contributed by atoms with E-state index < -0.39 is 15.9 Å². The lowest BCUT2D eigenvalue weighted by molar-refractivity contribution is 0.102. The zero-order chi connectivity index (χ0) is 23.6. The van der Waals surface area contributed by atoms with Crippen molar-refractivity contribution in [1.29, 1.82) is 5.41 Å². The van der Waals surface area contributed by atoms with Crippen LogP contribution in [0.5, 0.6) is 0 Å². The lowest BCUT2D eigenvalue weighted by Gasteiger charge is -2.13. The van der Waals surface area contributed by atoms with Crippen LogP contribution in [0.15, 0.2) is 88.5 Å². The molecule has 33 heavy (non-hydrogen) atoms. The van der Waals surface area contributed by atoms with Gasteiger partial charge >= 0.3 is 0 Å². The molecule has 0 unspecified atom stereocenters. The van der Waals surface area contributed by atoms with E-state index in [1.807, 2.05) is 0 Å². The summed E-state index contributed by atoms with van der Waals surface area (Å²) in [6, 6.07) is 19.8. The molecule has 0 bridgehead atoms. The van der Waals surface area contributed by atoms with Crippen LogP contribution in [0.3, 0.4) is 0 Å². The van der Waals surface area contributed by atoms with E-state index >= 15 is 0 Å². The number of anilines is 1. The molecule has 4 rings (SSSR count). The Labute approximate surface area is 189 Å². The zero-order valence-corrected chi connectivity index (χ0v) is 18.0. The highest BCUT2D eigenvalue weighted by Crippen LogP contribution is 2.33. The molecule has 0 saturated heterocycles. The highest BCUT2D eigenvalue weighted by atomic mass is 32.2. The molecule has 0 spiro atoms. The second-order valence-electron chi connectivity index (χ2n) is 7.11. The number of benzene rings is 3. The van der Waals surface area contributed by atoms with Gasteiger partial charge in [0.25, 0.3) is 5.91 Å². The van der Waals surface area contributed by atoms with Crippen molar-refractivity contribution in [2.45, 2.75) is 4.90 Å². The summed E-state index contributed by atoms with van der Waals surface area (Å²) in [7, 11) is -3.99. The topological polar surface area (TPSA) is 165 Å². The molecule has 0 fully saturated rings. The maximum absolute atomic E-state index is 13.1. The van der Waals surface area contributed by atoms with Gasteiger partial charge in [-0.1, -0.05) is 59.8 Å². The van der Waals surface area contributed by atoms with Gasteiger partial charge in [-0.25, -0.2) is 13.6 Å². The Bertz CT molecular complexity index is 1480. The fraction of sp³-hybridized carbons (Fsp3) is 0. The van der Waals surface area contributed by atoms with Gasteiger partial charge in [-0.2, -0.15) is 0 Å². The maximum Gasteiger partial charge on any atom is 0.261 e. The van der Waals surface area contributed by atoms with Gasteiger partial charge in [0.2, 0.25) is 10.0 Å². The molecule has 10 heteroatoms. The average molecular weight is 462 g/mol. The Morgan fingerprint density at radius 1 is 0.970 bits per heavy atom. The van der Waals surface area contributed by atoms with E-state index in [9.17, 15) is 13.2 Å². The van der Waals surface area contributed by atoms with Gasteiger partial charge in [-0.15, -0.1) is 0 Å². The minimum atomic E-state index is -3.99. The number of para-hydroxylation sites is 1. The third-order valence-electron chi connectivity index (χ3n) is 4.92. The predicted octanol–water partition coefficient (Wildman–Crippen LogP) is 3.19. The Morgan fingerprint density at radius 3 is 2.39 bits per heavy atom. The summed E-state index contributed by atoms with van der Waals surface area (Å²) in [5.41, 5.74) is 8.24.